The van der Waals surface area contributed by atoms with Crippen LogP contribution in [0.3, 0.4) is 0 Å². The predicted molar refractivity (Wildman–Crippen MR) is 127 cm³/mol. The molecule has 5 aromatic rings. The highest BCUT2D eigenvalue weighted by Gasteiger charge is 2.14. The Hall–Kier alpha value is -3.50. The van der Waals surface area contributed by atoms with Crippen LogP contribution in [0.5, 0.6) is 5.75 Å². The van der Waals surface area contributed by atoms with Crippen LogP contribution in [0.25, 0.3) is 26.9 Å². The topological polar surface area (TPSA) is 94.8 Å². The van der Waals surface area contributed by atoms with Gasteiger partial charge < -0.3 is 10.1 Å². The third-order valence-corrected chi connectivity index (χ3v) is 6.53. The lowest BCUT2D eigenvalue weighted by molar-refractivity contribution is -0.113. The van der Waals surface area contributed by atoms with E-state index in [-0.39, 0.29) is 11.7 Å². The molecule has 10 heteroatoms. The summed E-state index contributed by atoms with van der Waals surface area (Å²) in [7, 11) is 0. The Morgan fingerprint density at radius 1 is 1.19 bits per heavy atom. The maximum atomic E-state index is 12.5. The van der Waals surface area contributed by atoms with Crippen molar-refractivity contribution in [1.29, 1.82) is 0 Å². The lowest BCUT2D eigenvalue weighted by atomic mass is 10.3. The average Bonchev–Trinajstić information content (AvgIpc) is 3.42. The van der Waals surface area contributed by atoms with E-state index < -0.39 is 0 Å². The molecule has 1 amide bonds. The first-order valence-corrected chi connectivity index (χ1v) is 11.7. The molecule has 0 spiro atoms. The molecule has 8 nitrogen and oxygen atoms in total. The Bertz CT molecular complexity index is 1400. The van der Waals surface area contributed by atoms with Gasteiger partial charge in [-0.1, -0.05) is 41.3 Å². The van der Waals surface area contributed by atoms with E-state index >= 15 is 0 Å². The highest BCUT2D eigenvalue weighted by molar-refractivity contribution is 8.00. The molecule has 0 atom stereocenters. The fraction of sp³-hybridized carbons (Fsp3) is 0.136. The molecule has 3 heterocycles. The summed E-state index contributed by atoms with van der Waals surface area (Å²) < 4.78 is 8.25. The van der Waals surface area contributed by atoms with Crippen molar-refractivity contribution in [1.82, 2.24) is 24.7 Å². The number of amides is 1. The number of nitrogens with zero attached hydrogens (tertiary/aromatic N) is 5. The van der Waals surface area contributed by atoms with Crippen molar-refractivity contribution >= 4 is 55.4 Å². The van der Waals surface area contributed by atoms with Crippen molar-refractivity contribution in [2.24, 2.45) is 0 Å². The number of benzene rings is 2. The predicted octanol–water partition coefficient (Wildman–Crippen LogP) is 4.55. The minimum atomic E-state index is -0.152. The molecule has 0 radical (unpaired) electrons. The van der Waals surface area contributed by atoms with Crippen molar-refractivity contribution in [3.63, 3.8) is 0 Å². The van der Waals surface area contributed by atoms with Crippen LogP contribution in [0.2, 0.25) is 0 Å². The first-order valence-electron chi connectivity index (χ1n) is 9.91. The SMILES string of the molecule is CCOc1ccc2nc(NC(=O)CSc3ncnc4c3cnn4-c3ccccc3)sc2c1. The van der Waals surface area contributed by atoms with Crippen molar-refractivity contribution < 1.29 is 9.53 Å². The maximum Gasteiger partial charge on any atom is 0.236 e. The normalized spacial score (nSPS) is 11.2. The second-order valence-electron chi connectivity index (χ2n) is 6.73. The summed E-state index contributed by atoms with van der Waals surface area (Å²) in [5.74, 6) is 0.838. The van der Waals surface area contributed by atoms with Gasteiger partial charge >= 0.3 is 0 Å². The second-order valence-corrected chi connectivity index (χ2v) is 8.72. The van der Waals surface area contributed by atoms with Crippen LogP contribution in [0.4, 0.5) is 5.13 Å². The fourth-order valence-corrected chi connectivity index (χ4v) is 4.87. The van der Waals surface area contributed by atoms with Crippen molar-refractivity contribution in [2.45, 2.75) is 11.9 Å². The number of nitrogens with one attached hydrogen (secondary N) is 1. The summed E-state index contributed by atoms with van der Waals surface area (Å²) in [6, 6.07) is 15.5. The molecule has 32 heavy (non-hydrogen) atoms. The fourth-order valence-electron chi connectivity index (χ4n) is 3.20. The zero-order valence-corrected chi connectivity index (χ0v) is 18.7. The number of fused-ring (bicyclic) bond motifs is 2. The number of ether oxygens (including phenoxy) is 1. The van der Waals surface area contributed by atoms with Gasteiger partial charge in [-0.05, 0) is 37.3 Å². The van der Waals surface area contributed by atoms with Gasteiger partial charge in [0.1, 0.15) is 17.1 Å². The Kier molecular flexibility index (Phi) is 5.70. The van der Waals surface area contributed by atoms with Crippen LogP contribution < -0.4 is 10.1 Å². The van der Waals surface area contributed by atoms with Crippen LogP contribution in [-0.2, 0) is 4.79 Å². The van der Waals surface area contributed by atoms with Gasteiger partial charge in [-0.15, -0.1) is 0 Å². The van der Waals surface area contributed by atoms with Gasteiger partial charge in [-0.3, -0.25) is 4.79 Å². The Balaban J connectivity index is 1.29. The van der Waals surface area contributed by atoms with Gasteiger partial charge in [0.25, 0.3) is 0 Å². The highest BCUT2D eigenvalue weighted by Crippen LogP contribution is 2.30. The lowest BCUT2D eigenvalue weighted by Gasteiger charge is -2.04. The largest absolute Gasteiger partial charge is 0.494 e. The summed E-state index contributed by atoms with van der Waals surface area (Å²) in [4.78, 5) is 25.7. The van der Waals surface area contributed by atoms with E-state index in [0.29, 0.717) is 22.4 Å². The highest BCUT2D eigenvalue weighted by atomic mass is 32.2. The molecular formula is C22H18N6O2S2. The molecule has 1 N–H and O–H groups in total. The van der Waals surface area contributed by atoms with Gasteiger partial charge in [0, 0.05) is 0 Å². The van der Waals surface area contributed by atoms with E-state index in [1.54, 1.807) is 10.9 Å². The summed E-state index contributed by atoms with van der Waals surface area (Å²) >= 11 is 2.76. The molecule has 0 fully saturated rings. The standard InChI is InChI=1S/C22H18N6O2S2/c1-2-30-15-8-9-17-18(10-15)32-22(26-17)27-19(29)12-31-21-16-11-25-28(20(16)23-13-24-21)14-6-4-3-5-7-14/h3-11,13H,2,12H2,1H3,(H,26,27,29). The zero-order valence-electron chi connectivity index (χ0n) is 17.1. The number of hydrogen-bond donors (Lipinski definition) is 1. The summed E-state index contributed by atoms with van der Waals surface area (Å²) in [6.07, 6.45) is 3.22. The molecule has 2 aromatic carbocycles. The first-order chi connectivity index (χ1) is 15.7. The van der Waals surface area contributed by atoms with Crippen molar-refractivity contribution in [3.8, 4) is 11.4 Å². The Morgan fingerprint density at radius 2 is 2.06 bits per heavy atom. The van der Waals surface area contributed by atoms with Crippen molar-refractivity contribution in [2.75, 3.05) is 17.7 Å². The van der Waals surface area contributed by atoms with E-state index in [0.717, 1.165) is 27.0 Å². The molecule has 0 aliphatic heterocycles. The molecular weight excluding hydrogens is 444 g/mol. The number of anilines is 1. The quantitative estimate of drug-likeness (QED) is 0.280. The van der Waals surface area contributed by atoms with E-state index in [1.165, 1.54) is 29.4 Å². The number of rotatable bonds is 7. The van der Waals surface area contributed by atoms with Gasteiger partial charge in [0.05, 0.1) is 39.8 Å². The number of aromatic nitrogens is 5. The molecule has 0 saturated carbocycles. The molecule has 0 aliphatic rings. The lowest BCUT2D eigenvalue weighted by Crippen LogP contribution is -2.13. The average molecular weight is 463 g/mol. The molecule has 0 unspecified atom stereocenters. The third kappa shape index (κ3) is 4.14. The minimum Gasteiger partial charge on any atom is -0.494 e. The van der Waals surface area contributed by atoms with E-state index in [2.05, 4.69) is 25.4 Å². The van der Waals surface area contributed by atoms with Gasteiger partial charge in [-0.2, -0.15) is 5.10 Å². The molecule has 0 aliphatic carbocycles. The van der Waals surface area contributed by atoms with Gasteiger partial charge in [0.15, 0.2) is 10.8 Å². The summed E-state index contributed by atoms with van der Waals surface area (Å²) in [6.45, 7) is 2.55. The number of thioether (sulfide) groups is 1. The molecule has 0 saturated heterocycles. The molecule has 5 rings (SSSR count). The van der Waals surface area contributed by atoms with Crippen LogP contribution in [0, 0.1) is 0 Å². The molecule has 160 valence electrons. The third-order valence-electron chi connectivity index (χ3n) is 4.59. The van der Waals surface area contributed by atoms with Gasteiger partial charge in [0.2, 0.25) is 5.91 Å². The van der Waals surface area contributed by atoms with Crippen LogP contribution in [-0.4, -0.2) is 43.0 Å². The van der Waals surface area contributed by atoms with E-state index in [9.17, 15) is 4.79 Å². The molecule has 3 aromatic heterocycles. The molecule has 0 bridgehead atoms. The van der Waals surface area contributed by atoms with Gasteiger partial charge in [-0.25, -0.2) is 19.6 Å². The summed E-state index contributed by atoms with van der Waals surface area (Å²) in [5, 5.41) is 9.39. The minimum absolute atomic E-state index is 0.152. The van der Waals surface area contributed by atoms with E-state index in [1.807, 2.05) is 55.5 Å². The van der Waals surface area contributed by atoms with Crippen LogP contribution >= 0.6 is 23.1 Å². The maximum absolute atomic E-state index is 12.5. The zero-order chi connectivity index (χ0) is 21.9. The Labute approximate surface area is 191 Å². The number of hydrogen-bond acceptors (Lipinski definition) is 8. The smallest absolute Gasteiger partial charge is 0.236 e. The first kappa shape index (κ1) is 20.4. The van der Waals surface area contributed by atoms with E-state index in [4.69, 9.17) is 4.74 Å². The Morgan fingerprint density at radius 3 is 2.91 bits per heavy atom. The number of thiazole rings is 1. The number of carbonyl (C=O) groups excluding carboxylic acids is 1. The second kappa shape index (κ2) is 8.93. The number of para-hydroxylation sites is 1. The summed E-state index contributed by atoms with van der Waals surface area (Å²) in [5.41, 5.74) is 2.44. The van der Waals surface area contributed by atoms with Crippen LogP contribution in [0.1, 0.15) is 6.92 Å². The number of carbonyl (C=O) groups is 1. The van der Waals surface area contributed by atoms with Crippen molar-refractivity contribution in [3.05, 3.63) is 61.1 Å². The van der Waals surface area contributed by atoms with Crippen LogP contribution in [0.15, 0.2) is 66.1 Å². The monoisotopic (exact) mass is 462 g/mol.